The first-order chi connectivity index (χ1) is 8.29. The van der Waals surface area contributed by atoms with Crippen LogP contribution in [0.25, 0.3) is 0 Å². The van der Waals surface area contributed by atoms with Gasteiger partial charge in [0, 0.05) is 0 Å². The van der Waals surface area contributed by atoms with Crippen LogP contribution in [0.2, 0.25) is 4.82 Å². The quantitative estimate of drug-likeness (QED) is 0.863. The van der Waals surface area contributed by atoms with Crippen LogP contribution in [0, 0.1) is 0 Å². The predicted octanol–water partition coefficient (Wildman–Crippen LogP) is 2.14. The van der Waals surface area contributed by atoms with E-state index in [1.165, 1.54) is 23.7 Å². The Labute approximate surface area is 110 Å². The van der Waals surface area contributed by atoms with Gasteiger partial charge in [0.05, 0.1) is 0 Å². The van der Waals surface area contributed by atoms with E-state index in [0.717, 1.165) is 12.2 Å². The summed E-state index contributed by atoms with van der Waals surface area (Å²) in [5, 5.41) is 9.96. The molecule has 0 saturated heterocycles. The van der Waals surface area contributed by atoms with Gasteiger partial charge in [0.1, 0.15) is 0 Å². The van der Waals surface area contributed by atoms with Gasteiger partial charge in [-0.25, -0.2) is 0 Å². The van der Waals surface area contributed by atoms with Crippen LogP contribution in [0.4, 0.5) is 0 Å². The molecule has 1 aromatic carbocycles. The number of aliphatic hydroxyl groups is 1. The Kier molecular flexibility index (Phi) is 4.90. The molecule has 1 fully saturated rings. The molecule has 1 saturated carbocycles. The maximum atomic E-state index is 9.96. The molecule has 2 rings (SSSR count). The Morgan fingerprint density at radius 1 is 1.24 bits per heavy atom. The van der Waals surface area contributed by atoms with Gasteiger partial charge in [-0.2, -0.15) is 0 Å². The third kappa shape index (κ3) is 3.74. The number of ether oxygens (including phenoxy) is 1. The average molecular weight is 299 g/mol. The van der Waals surface area contributed by atoms with Crippen LogP contribution in [0.1, 0.15) is 32.6 Å². The fourth-order valence-electron chi connectivity index (χ4n) is 2.17. The van der Waals surface area contributed by atoms with Crippen molar-refractivity contribution in [3.8, 4) is 5.75 Å². The molecule has 1 aliphatic carbocycles. The van der Waals surface area contributed by atoms with Crippen molar-refractivity contribution in [1.29, 1.82) is 0 Å². The van der Waals surface area contributed by atoms with Crippen molar-refractivity contribution in [3.05, 3.63) is 24.3 Å². The van der Waals surface area contributed by atoms with E-state index in [4.69, 9.17) is 4.74 Å². The van der Waals surface area contributed by atoms with Crippen molar-refractivity contribution in [1.82, 2.24) is 0 Å². The summed E-state index contributed by atoms with van der Waals surface area (Å²) in [6, 6.07) is 8.37. The molecule has 1 aliphatic rings. The topological polar surface area (TPSA) is 29.5 Å². The zero-order valence-corrected chi connectivity index (χ0v) is 12.0. The molecule has 2 nitrogen and oxygen atoms in total. The van der Waals surface area contributed by atoms with Crippen LogP contribution in [-0.2, 0) is 0 Å². The zero-order valence-electron chi connectivity index (χ0n) is 10.3. The summed E-state index contributed by atoms with van der Waals surface area (Å²) in [5.74, 6) is 0.941. The van der Waals surface area contributed by atoms with Crippen molar-refractivity contribution in [3.63, 3.8) is 0 Å². The van der Waals surface area contributed by atoms with E-state index in [9.17, 15) is 5.11 Å². The number of benzene rings is 1. The summed E-state index contributed by atoms with van der Waals surface area (Å²) in [7, 11) is 0. The Bertz CT molecular complexity index is 337. The Balaban J connectivity index is 1.93. The van der Waals surface area contributed by atoms with Crippen LogP contribution >= 0.6 is 0 Å². The van der Waals surface area contributed by atoms with Crippen molar-refractivity contribution >= 4 is 19.4 Å². The van der Waals surface area contributed by atoms with E-state index in [-0.39, 0.29) is 6.10 Å². The van der Waals surface area contributed by atoms with E-state index in [1.807, 2.05) is 19.1 Å². The molecule has 3 heteroatoms. The summed E-state index contributed by atoms with van der Waals surface area (Å²) in [6.45, 7) is 2.71. The zero-order chi connectivity index (χ0) is 12.1. The van der Waals surface area contributed by atoms with E-state index in [1.54, 1.807) is 0 Å². The summed E-state index contributed by atoms with van der Waals surface area (Å²) in [6.07, 6.45) is 4.57. The minimum atomic E-state index is -0.0738. The molecule has 0 heterocycles. The van der Waals surface area contributed by atoms with Crippen LogP contribution in [0.5, 0.6) is 5.75 Å². The molecule has 1 N–H and O–H groups in total. The van der Waals surface area contributed by atoms with Crippen molar-refractivity contribution in [2.75, 3.05) is 6.61 Å². The standard InChI is InChI=1S/C14H20O2Se/c1-2-16-11-7-9-12(10-8-11)17-14-6-4-3-5-13(14)15/h7-10,13-15H,2-6H2,1H3/t13-,14-/m0/s1. The molecule has 0 unspecified atom stereocenters. The van der Waals surface area contributed by atoms with E-state index >= 15 is 0 Å². The van der Waals surface area contributed by atoms with Gasteiger partial charge in [-0.3, -0.25) is 0 Å². The van der Waals surface area contributed by atoms with E-state index < -0.39 is 0 Å². The molecule has 94 valence electrons. The second-order valence-electron chi connectivity index (χ2n) is 4.41. The van der Waals surface area contributed by atoms with E-state index in [2.05, 4.69) is 12.1 Å². The number of aliphatic hydroxyl groups excluding tert-OH is 1. The van der Waals surface area contributed by atoms with Crippen LogP contribution in [0.3, 0.4) is 0 Å². The molecular weight excluding hydrogens is 279 g/mol. The van der Waals surface area contributed by atoms with Gasteiger partial charge in [-0.05, 0) is 0 Å². The van der Waals surface area contributed by atoms with Gasteiger partial charge >= 0.3 is 109 Å². The van der Waals surface area contributed by atoms with Crippen LogP contribution < -0.4 is 9.20 Å². The van der Waals surface area contributed by atoms with E-state index in [0.29, 0.717) is 26.4 Å². The van der Waals surface area contributed by atoms with Crippen LogP contribution in [-0.4, -0.2) is 32.8 Å². The first-order valence-corrected chi connectivity index (χ1v) is 8.21. The molecule has 0 aromatic heterocycles. The summed E-state index contributed by atoms with van der Waals surface area (Å²) in [4.78, 5) is 0.509. The minimum absolute atomic E-state index is 0.0738. The van der Waals surface area contributed by atoms with Gasteiger partial charge in [0.2, 0.25) is 0 Å². The SMILES string of the molecule is CCOc1ccc([Se][C@H]2CCCC[C@@H]2O)cc1. The van der Waals surface area contributed by atoms with Crippen molar-refractivity contribution in [2.24, 2.45) is 0 Å². The Hall–Kier alpha value is -0.501. The average Bonchev–Trinajstić information content (AvgIpc) is 2.35. The maximum absolute atomic E-state index is 9.96. The molecular formula is C14H20O2Se. The molecule has 0 amide bonds. The fourth-order valence-corrected chi connectivity index (χ4v) is 4.73. The third-order valence-corrected chi connectivity index (χ3v) is 6.02. The molecule has 17 heavy (non-hydrogen) atoms. The number of hydrogen-bond donors (Lipinski definition) is 1. The second kappa shape index (κ2) is 6.44. The van der Waals surface area contributed by atoms with Crippen molar-refractivity contribution in [2.45, 2.75) is 43.5 Å². The molecule has 0 radical (unpaired) electrons. The van der Waals surface area contributed by atoms with Gasteiger partial charge in [-0.15, -0.1) is 0 Å². The Morgan fingerprint density at radius 3 is 2.59 bits per heavy atom. The normalized spacial score (nSPS) is 24.6. The van der Waals surface area contributed by atoms with Crippen molar-refractivity contribution < 1.29 is 9.84 Å². The summed E-state index contributed by atoms with van der Waals surface area (Å²) < 4.78 is 6.80. The molecule has 0 spiro atoms. The molecule has 1 aromatic rings. The summed E-state index contributed by atoms with van der Waals surface area (Å²) >= 11 is 0.393. The molecule has 0 bridgehead atoms. The Morgan fingerprint density at radius 2 is 1.94 bits per heavy atom. The first-order valence-electron chi connectivity index (χ1n) is 6.37. The van der Waals surface area contributed by atoms with Gasteiger partial charge in [-0.1, -0.05) is 0 Å². The number of hydrogen-bond acceptors (Lipinski definition) is 2. The fraction of sp³-hybridized carbons (Fsp3) is 0.571. The monoisotopic (exact) mass is 300 g/mol. The summed E-state index contributed by atoms with van der Waals surface area (Å²) in [5.41, 5.74) is 0. The second-order valence-corrected chi connectivity index (χ2v) is 7.17. The molecule has 0 aliphatic heterocycles. The molecule has 2 atom stereocenters. The van der Waals surface area contributed by atoms with Gasteiger partial charge in [0.25, 0.3) is 0 Å². The third-order valence-electron chi connectivity index (χ3n) is 3.09. The first kappa shape index (κ1) is 12.9. The predicted molar refractivity (Wildman–Crippen MR) is 71.2 cm³/mol. The number of rotatable bonds is 4. The van der Waals surface area contributed by atoms with Gasteiger partial charge < -0.3 is 0 Å². The van der Waals surface area contributed by atoms with Gasteiger partial charge in [0.15, 0.2) is 0 Å². The van der Waals surface area contributed by atoms with Crippen LogP contribution in [0.15, 0.2) is 24.3 Å².